The Morgan fingerprint density at radius 3 is 2.90 bits per heavy atom. The fraction of sp³-hybridized carbons (Fsp3) is 0.250. The average molecular weight is 407 g/mol. The number of rotatable bonds is 5. The first-order valence-electron chi connectivity index (χ1n) is 9.34. The number of aromatic nitrogens is 4. The van der Waals surface area contributed by atoms with Crippen molar-refractivity contribution in [2.45, 2.75) is 13.0 Å². The highest BCUT2D eigenvalue weighted by molar-refractivity contribution is 6.08. The van der Waals surface area contributed by atoms with Crippen LogP contribution in [-0.2, 0) is 9.53 Å². The van der Waals surface area contributed by atoms with Gasteiger partial charge in [0.25, 0.3) is 0 Å². The van der Waals surface area contributed by atoms with Crippen LogP contribution >= 0.6 is 0 Å². The molecule has 4 heterocycles. The van der Waals surface area contributed by atoms with Gasteiger partial charge in [0.1, 0.15) is 6.54 Å². The van der Waals surface area contributed by atoms with Gasteiger partial charge in [-0.05, 0) is 36.8 Å². The monoisotopic (exact) mass is 407 g/mol. The summed E-state index contributed by atoms with van der Waals surface area (Å²) in [5, 5.41) is 9.81. The number of carbonyl (C=O) groups excluding carboxylic acids is 2. The van der Waals surface area contributed by atoms with E-state index in [2.05, 4.69) is 25.7 Å². The van der Waals surface area contributed by atoms with Gasteiger partial charge in [-0.15, -0.1) is 0 Å². The Morgan fingerprint density at radius 2 is 2.20 bits per heavy atom. The summed E-state index contributed by atoms with van der Waals surface area (Å²) in [6.45, 7) is 1.96. The Kier molecular flexibility index (Phi) is 5.40. The lowest BCUT2D eigenvalue weighted by molar-refractivity contribution is -0.115. The molecule has 0 radical (unpaired) electrons. The third-order valence-electron chi connectivity index (χ3n) is 4.61. The van der Waals surface area contributed by atoms with Crippen LogP contribution in [0, 0.1) is 6.92 Å². The number of nitrogens with zero attached hydrogens (tertiary/aromatic N) is 5. The van der Waals surface area contributed by atoms with E-state index < -0.39 is 12.1 Å². The van der Waals surface area contributed by atoms with Gasteiger partial charge in [-0.1, -0.05) is 0 Å². The third-order valence-corrected chi connectivity index (χ3v) is 4.61. The van der Waals surface area contributed by atoms with Gasteiger partial charge in [0, 0.05) is 25.7 Å². The van der Waals surface area contributed by atoms with Crippen molar-refractivity contribution in [3.8, 4) is 5.69 Å². The molecule has 3 aromatic heterocycles. The maximum atomic E-state index is 13.0. The van der Waals surface area contributed by atoms with Crippen LogP contribution in [0.2, 0.25) is 0 Å². The van der Waals surface area contributed by atoms with E-state index >= 15 is 0 Å². The molecule has 3 amide bonds. The van der Waals surface area contributed by atoms with Crippen LogP contribution in [-0.4, -0.2) is 51.9 Å². The number of nitrogens with one attached hydrogen (secondary N) is 2. The second kappa shape index (κ2) is 8.29. The van der Waals surface area contributed by atoms with E-state index in [4.69, 9.17) is 4.74 Å². The Hall–Kier alpha value is -3.79. The van der Waals surface area contributed by atoms with Gasteiger partial charge >= 0.3 is 6.03 Å². The van der Waals surface area contributed by atoms with Gasteiger partial charge in [0.15, 0.2) is 5.82 Å². The number of amides is 3. The van der Waals surface area contributed by atoms with Crippen LogP contribution in [0.25, 0.3) is 5.69 Å². The zero-order chi connectivity index (χ0) is 21.1. The molecule has 1 unspecified atom stereocenters. The highest BCUT2D eigenvalue weighted by Gasteiger charge is 2.30. The molecule has 154 valence electrons. The molecule has 0 aliphatic carbocycles. The summed E-state index contributed by atoms with van der Waals surface area (Å²) in [6, 6.07) is 6.30. The van der Waals surface area contributed by atoms with Crippen LogP contribution in [0.4, 0.5) is 16.3 Å². The predicted molar refractivity (Wildman–Crippen MR) is 109 cm³/mol. The first-order valence-corrected chi connectivity index (χ1v) is 9.34. The first kappa shape index (κ1) is 19.5. The van der Waals surface area contributed by atoms with Crippen molar-refractivity contribution in [2.24, 2.45) is 0 Å². The number of carbonyl (C=O) groups is 2. The molecule has 2 N–H and O–H groups in total. The molecule has 10 nitrogen and oxygen atoms in total. The molecular weight excluding hydrogens is 386 g/mol. The van der Waals surface area contributed by atoms with Crippen molar-refractivity contribution in [2.75, 3.05) is 30.5 Å². The fourth-order valence-corrected chi connectivity index (χ4v) is 3.20. The SMILES string of the molecule is COCC(NC(=O)N1CC(=O)Nc2cc(C)cnc21)c1ccc(-n2cccn2)cn1. The molecule has 3 aromatic rings. The fourth-order valence-electron chi connectivity index (χ4n) is 3.20. The largest absolute Gasteiger partial charge is 0.382 e. The van der Waals surface area contributed by atoms with Crippen LogP contribution in [0.5, 0.6) is 0 Å². The molecule has 0 fully saturated rings. The highest BCUT2D eigenvalue weighted by Crippen LogP contribution is 2.28. The number of pyridine rings is 2. The lowest BCUT2D eigenvalue weighted by Gasteiger charge is -2.30. The summed E-state index contributed by atoms with van der Waals surface area (Å²) < 4.78 is 6.96. The van der Waals surface area contributed by atoms with E-state index in [9.17, 15) is 9.59 Å². The minimum absolute atomic E-state index is 0.125. The average Bonchev–Trinajstić information content (AvgIpc) is 3.27. The molecule has 0 bridgehead atoms. The number of fused-ring (bicyclic) bond motifs is 1. The predicted octanol–water partition coefficient (Wildman–Crippen LogP) is 1.83. The second-order valence-corrected chi connectivity index (χ2v) is 6.87. The minimum Gasteiger partial charge on any atom is -0.382 e. The zero-order valence-electron chi connectivity index (χ0n) is 16.6. The summed E-state index contributed by atoms with van der Waals surface area (Å²) in [4.78, 5) is 35.2. The summed E-state index contributed by atoms with van der Waals surface area (Å²) in [6.07, 6.45) is 6.83. The van der Waals surface area contributed by atoms with Gasteiger partial charge in [-0.2, -0.15) is 5.10 Å². The molecule has 1 atom stereocenters. The van der Waals surface area contributed by atoms with Crippen molar-refractivity contribution < 1.29 is 14.3 Å². The lowest BCUT2D eigenvalue weighted by atomic mass is 10.2. The number of aryl methyl sites for hydroxylation is 1. The van der Waals surface area contributed by atoms with Crippen molar-refractivity contribution in [1.29, 1.82) is 0 Å². The molecule has 0 saturated carbocycles. The number of methoxy groups -OCH3 is 1. The van der Waals surface area contributed by atoms with Crippen LogP contribution < -0.4 is 15.5 Å². The van der Waals surface area contributed by atoms with Crippen LogP contribution in [0.3, 0.4) is 0 Å². The first-order chi connectivity index (χ1) is 14.5. The normalized spacial score (nSPS) is 14.1. The van der Waals surface area contributed by atoms with Gasteiger partial charge in [0.2, 0.25) is 5.91 Å². The Labute approximate surface area is 172 Å². The molecule has 0 saturated heterocycles. The van der Waals surface area contributed by atoms with Crippen LogP contribution in [0.1, 0.15) is 17.3 Å². The third kappa shape index (κ3) is 3.98. The number of hydrogen-bond acceptors (Lipinski definition) is 6. The van der Waals surface area contributed by atoms with Gasteiger partial charge in [-0.3, -0.25) is 14.7 Å². The van der Waals surface area contributed by atoms with E-state index in [1.165, 1.54) is 4.90 Å². The van der Waals surface area contributed by atoms with Gasteiger partial charge in [0.05, 0.1) is 35.9 Å². The van der Waals surface area contributed by atoms with E-state index in [1.54, 1.807) is 42.5 Å². The maximum Gasteiger partial charge on any atom is 0.324 e. The number of ether oxygens (including phenoxy) is 1. The standard InChI is InChI=1S/C20H21N7O3/c1-13-8-16-19(22-9-13)26(11-18(28)24-16)20(29)25-17(12-30-2)15-5-4-14(10-21-15)27-7-3-6-23-27/h3-10,17H,11-12H2,1-2H3,(H,24,28)(H,25,29). The summed E-state index contributed by atoms with van der Waals surface area (Å²) in [7, 11) is 1.55. The zero-order valence-corrected chi connectivity index (χ0v) is 16.6. The van der Waals surface area contributed by atoms with E-state index in [1.807, 2.05) is 25.3 Å². The van der Waals surface area contributed by atoms with E-state index in [-0.39, 0.29) is 19.1 Å². The summed E-state index contributed by atoms with van der Waals surface area (Å²) in [5.74, 6) is 0.117. The minimum atomic E-state index is -0.506. The molecular formula is C20H21N7O3. The van der Waals surface area contributed by atoms with E-state index in [0.717, 1.165) is 11.3 Å². The van der Waals surface area contributed by atoms with Crippen molar-refractivity contribution >= 4 is 23.4 Å². The lowest BCUT2D eigenvalue weighted by Crippen LogP contribution is -2.49. The molecule has 1 aliphatic rings. The van der Waals surface area contributed by atoms with Crippen molar-refractivity contribution in [3.05, 3.63) is 60.3 Å². The second-order valence-electron chi connectivity index (χ2n) is 6.87. The number of anilines is 2. The molecule has 0 spiro atoms. The highest BCUT2D eigenvalue weighted by atomic mass is 16.5. The van der Waals surface area contributed by atoms with Gasteiger partial charge in [-0.25, -0.2) is 14.5 Å². The topological polar surface area (TPSA) is 114 Å². The molecule has 10 heteroatoms. The van der Waals surface area contributed by atoms with Gasteiger partial charge < -0.3 is 15.4 Å². The van der Waals surface area contributed by atoms with E-state index in [0.29, 0.717) is 17.2 Å². The Morgan fingerprint density at radius 1 is 1.33 bits per heavy atom. The molecule has 1 aliphatic heterocycles. The Bertz CT molecular complexity index is 1050. The number of urea groups is 1. The summed E-state index contributed by atoms with van der Waals surface area (Å²) in [5.41, 5.74) is 2.81. The Balaban J connectivity index is 1.55. The maximum absolute atomic E-state index is 13.0. The number of hydrogen-bond donors (Lipinski definition) is 2. The van der Waals surface area contributed by atoms with Crippen LogP contribution in [0.15, 0.2) is 49.1 Å². The summed E-state index contributed by atoms with van der Waals surface area (Å²) >= 11 is 0. The smallest absolute Gasteiger partial charge is 0.324 e. The molecule has 30 heavy (non-hydrogen) atoms. The molecule has 4 rings (SSSR count). The van der Waals surface area contributed by atoms with Crippen molar-refractivity contribution in [1.82, 2.24) is 25.1 Å². The van der Waals surface area contributed by atoms with Crippen molar-refractivity contribution in [3.63, 3.8) is 0 Å². The quantitative estimate of drug-likeness (QED) is 0.667. The molecule has 0 aromatic carbocycles.